The first-order valence-electron chi connectivity index (χ1n) is 15.3. The summed E-state index contributed by atoms with van der Waals surface area (Å²) in [5.74, 6) is -4.96. The standard InChI is InChI=1S/C31H41FN2O11/c1-5-26(39)45-31(24(37)17-43-27(40)16-33-25(38)7-6-12-44-34(41)42)18(2)13-22-21-9-8-19-14-20(35)10-11-28(19,3)30(21,32)23(36)15-29(22,31)4/h10-11,14,18,21-23,36H,5-9,12-13,15-17H2,1-4H3,(H,33,38)/t18-,21-,22-,23-,28-,29-,30-,31-/m0/s1. The smallest absolute Gasteiger partial charge is 0.325 e. The maximum atomic E-state index is 17.5. The molecule has 0 aromatic rings. The van der Waals surface area contributed by atoms with Crippen LogP contribution in [0.3, 0.4) is 0 Å². The van der Waals surface area contributed by atoms with Crippen LogP contribution in [0.1, 0.15) is 72.6 Å². The number of ether oxygens (including phenoxy) is 2. The van der Waals surface area contributed by atoms with Gasteiger partial charge in [0.1, 0.15) is 6.54 Å². The number of halogens is 1. The van der Waals surface area contributed by atoms with Crippen LogP contribution < -0.4 is 5.32 Å². The molecule has 8 atom stereocenters. The second-order valence-electron chi connectivity index (χ2n) is 13.0. The molecule has 4 aliphatic rings. The topological polar surface area (TPSA) is 188 Å². The van der Waals surface area contributed by atoms with Gasteiger partial charge in [-0.05, 0) is 57.1 Å². The molecule has 3 saturated carbocycles. The molecule has 45 heavy (non-hydrogen) atoms. The van der Waals surface area contributed by atoms with E-state index in [0.717, 1.165) is 0 Å². The number of hydrogen-bond acceptors (Lipinski definition) is 11. The molecule has 0 unspecified atom stereocenters. The van der Waals surface area contributed by atoms with E-state index in [2.05, 4.69) is 10.2 Å². The number of fused-ring (bicyclic) bond motifs is 5. The molecule has 2 N–H and O–H groups in total. The summed E-state index contributed by atoms with van der Waals surface area (Å²) in [6.45, 7) is 5.07. The Morgan fingerprint density at radius 2 is 1.91 bits per heavy atom. The molecule has 4 aliphatic carbocycles. The predicted molar refractivity (Wildman–Crippen MR) is 153 cm³/mol. The molecule has 0 aromatic heterocycles. The van der Waals surface area contributed by atoms with Gasteiger partial charge in [0.05, 0.1) is 12.7 Å². The van der Waals surface area contributed by atoms with Gasteiger partial charge in [-0.15, -0.1) is 10.1 Å². The zero-order valence-electron chi connectivity index (χ0n) is 26.0. The van der Waals surface area contributed by atoms with Gasteiger partial charge in [-0.2, -0.15) is 0 Å². The summed E-state index contributed by atoms with van der Waals surface area (Å²) in [6, 6.07) is 0. The third-order valence-corrected chi connectivity index (χ3v) is 10.7. The van der Waals surface area contributed by atoms with Crippen molar-refractivity contribution < 1.29 is 52.9 Å². The number of aliphatic hydroxyl groups excluding tert-OH is 1. The highest BCUT2D eigenvalue weighted by molar-refractivity contribution is 6.01. The first kappa shape index (κ1) is 34.2. The number of allylic oxidation sites excluding steroid dienone is 4. The van der Waals surface area contributed by atoms with Crippen LogP contribution in [0.2, 0.25) is 0 Å². The average Bonchev–Trinajstić information content (AvgIpc) is 3.20. The van der Waals surface area contributed by atoms with Gasteiger partial charge in [0, 0.05) is 35.5 Å². The molecule has 13 nitrogen and oxygen atoms in total. The lowest BCUT2D eigenvalue weighted by atomic mass is 9.44. The Hall–Kier alpha value is -3.68. The summed E-state index contributed by atoms with van der Waals surface area (Å²) in [7, 11) is 0. The van der Waals surface area contributed by atoms with Gasteiger partial charge in [-0.25, -0.2) is 4.39 Å². The van der Waals surface area contributed by atoms with Gasteiger partial charge in [0.2, 0.25) is 11.7 Å². The molecule has 248 valence electrons. The van der Waals surface area contributed by atoms with Crippen molar-refractivity contribution >= 4 is 29.4 Å². The normalized spacial score (nSPS) is 36.5. The monoisotopic (exact) mass is 636 g/mol. The van der Waals surface area contributed by atoms with Crippen molar-refractivity contribution in [2.45, 2.75) is 90.0 Å². The van der Waals surface area contributed by atoms with Gasteiger partial charge >= 0.3 is 11.9 Å². The Balaban J connectivity index is 1.54. The van der Waals surface area contributed by atoms with Crippen molar-refractivity contribution in [1.82, 2.24) is 5.32 Å². The van der Waals surface area contributed by atoms with Crippen molar-refractivity contribution in [2.24, 2.45) is 28.6 Å². The van der Waals surface area contributed by atoms with Crippen LogP contribution in [0.25, 0.3) is 0 Å². The summed E-state index contributed by atoms with van der Waals surface area (Å²) in [6.07, 6.45) is 3.42. The molecule has 4 rings (SSSR count). The first-order valence-corrected chi connectivity index (χ1v) is 15.3. The summed E-state index contributed by atoms with van der Waals surface area (Å²) in [5, 5.41) is 23.2. The molecule has 0 radical (unpaired) electrons. The molecular weight excluding hydrogens is 595 g/mol. The van der Waals surface area contributed by atoms with Crippen LogP contribution in [0.4, 0.5) is 4.39 Å². The maximum Gasteiger partial charge on any atom is 0.325 e. The number of amides is 1. The Morgan fingerprint density at radius 1 is 1.20 bits per heavy atom. The number of Topliss-reactive ketones (excluding diaryl/α,β-unsaturated/α-hetero) is 1. The van der Waals surface area contributed by atoms with Gasteiger partial charge in [-0.1, -0.05) is 32.4 Å². The fourth-order valence-corrected chi connectivity index (χ4v) is 8.59. The number of nitrogens with zero attached hydrogens (tertiary/aromatic N) is 1. The number of nitrogens with one attached hydrogen (secondary N) is 1. The number of alkyl halides is 1. The number of rotatable bonds is 12. The molecule has 0 aliphatic heterocycles. The van der Waals surface area contributed by atoms with Crippen LogP contribution >= 0.6 is 0 Å². The minimum atomic E-state index is -2.15. The summed E-state index contributed by atoms with van der Waals surface area (Å²) in [4.78, 5) is 77.7. The van der Waals surface area contributed by atoms with Crippen LogP contribution in [0.15, 0.2) is 23.8 Å². The quantitative estimate of drug-likeness (QED) is 0.139. The van der Waals surface area contributed by atoms with Gasteiger partial charge in [0.25, 0.3) is 5.09 Å². The molecule has 0 saturated heterocycles. The number of aliphatic hydroxyl groups is 1. The van der Waals surface area contributed by atoms with E-state index in [9.17, 15) is 39.2 Å². The number of carbonyl (C=O) groups excluding carboxylic acids is 5. The van der Waals surface area contributed by atoms with Crippen molar-refractivity contribution in [1.29, 1.82) is 0 Å². The second kappa shape index (κ2) is 12.6. The minimum absolute atomic E-state index is 0.0431. The van der Waals surface area contributed by atoms with Gasteiger partial charge < -0.3 is 24.7 Å². The van der Waals surface area contributed by atoms with Crippen molar-refractivity contribution in [2.75, 3.05) is 19.8 Å². The predicted octanol–water partition coefficient (Wildman–Crippen LogP) is 2.51. The Labute approximate surface area is 260 Å². The second-order valence-corrected chi connectivity index (χ2v) is 13.0. The summed E-state index contributed by atoms with van der Waals surface area (Å²) >= 11 is 0. The lowest BCUT2D eigenvalue weighted by Crippen LogP contribution is -2.70. The Bertz CT molecular complexity index is 1330. The van der Waals surface area contributed by atoms with E-state index in [1.54, 1.807) is 27.7 Å². The number of hydrogen-bond donors (Lipinski definition) is 2. The number of ketones is 2. The molecule has 1 amide bonds. The van der Waals surface area contributed by atoms with Crippen molar-refractivity contribution in [3.63, 3.8) is 0 Å². The average molecular weight is 637 g/mol. The lowest BCUT2D eigenvalue weighted by molar-refractivity contribution is -0.757. The zero-order valence-corrected chi connectivity index (χ0v) is 26.0. The highest BCUT2D eigenvalue weighted by Crippen LogP contribution is 2.71. The van der Waals surface area contributed by atoms with Crippen LogP contribution in [0.5, 0.6) is 0 Å². The van der Waals surface area contributed by atoms with E-state index >= 15 is 4.39 Å². The lowest BCUT2D eigenvalue weighted by Gasteiger charge is -2.62. The number of esters is 2. The van der Waals surface area contributed by atoms with Crippen LogP contribution in [-0.4, -0.2) is 76.7 Å². The molecule has 0 bridgehead atoms. The van der Waals surface area contributed by atoms with E-state index in [-0.39, 0.29) is 38.1 Å². The van der Waals surface area contributed by atoms with Crippen LogP contribution in [0, 0.1) is 38.7 Å². The summed E-state index contributed by atoms with van der Waals surface area (Å²) in [5.41, 5.74) is -5.81. The van der Waals surface area contributed by atoms with E-state index in [1.807, 2.05) is 0 Å². The van der Waals surface area contributed by atoms with Crippen molar-refractivity contribution in [3.8, 4) is 0 Å². The van der Waals surface area contributed by atoms with E-state index in [1.165, 1.54) is 18.2 Å². The number of carbonyl (C=O) groups is 5. The Kier molecular flexibility index (Phi) is 9.58. The molecular formula is C31H41FN2O11. The molecule has 14 heteroatoms. The van der Waals surface area contributed by atoms with Gasteiger partial charge in [-0.3, -0.25) is 24.0 Å². The zero-order chi connectivity index (χ0) is 33.4. The largest absolute Gasteiger partial charge is 0.456 e. The third-order valence-electron chi connectivity index (χ3n) is 10.7. The Morgan fingerprint density at radius 3 is 2.58 bits per heavy atom. The fraction of sp³-hybridized carbons (Fsp3) is 0.710. The SMILES string of the molecule is CCC(=O)O[C@]1(C(=O)COC(=O)CNC(=O)CCCO[N+](=O)[O-])[C@@H](C)C[C@H]2[C@@H]3CCC4=CC(=O)C=C[C@]4(C)[C@@]3(F)[C@@H](O)C[C@@]21C. The molecule has 3 fully saturated rings. The summed E-state index contributed by atoms with van der Waals surface area (Å²) < 4.78 is 28.7. The van der Waals surface area contributed by atoms with Crippen LogP contribution in [-0.2, 0) is 38.3 Å². The maximum absolute atomic E-state index is 17.5. The van der Waals surface area contributed by atoms with E-state index in [0.29, 0.717) is 24.8 Å². The highest BCUT2D eigenvalue weighted by atomic mass is 19.1. The first-order chi connectivity index (χ1) is 21.1. The molecule has 0 spiro atoms. The fourth-order valence-electron chi connectivity index (χ4n) is 8.59. The highest BCUT2D eigenvalue weighted by Gasteiger charge is 2.77. The minimum Gasteiger partial charge on any atom is -0.456 e. The molecule has 0 aromatic carbocycles. The van der Waals surface area contributed by atoms with Crippen molar-refractivity contribution in [3.05, 3.63) is 33.9 Å². The van der Waals surface area contributed by atoms with E-state index < -0.39 is 87.8 Å². The molecule has 0 heterocycles. The third kappa shape index (κ3) is 5.66. The van der Waals surface area contributed by atoms with Gasteiger partial charge in [0.15, 0.2) is 23.7 Å². The van der Waals surface area contributed by atoms with E-state index in [4.69, 9.17) is 9.47 Å².